The summed E-state index contributed by atoms with van der Waals surface area (Å²) < 4.78 is 31.4. The number of fused-ring (bicyclic) bond motifs is 2. The minimum atomic E-state index is -3.89. The number of furan rings is 1. The van der Waals surface area contributed by atoms with Crippen LogP contribution in [0.15, 0.2) is 64.1 Å². The molecule has 21 heavy (non-hydrogen) atoms. The Morgan fingerprint density at radius 1 is 0.952 bits per heavy atom. The molecule has 1 aliphatic rings. The molecule has 104 valence electrons. The minimum Gasteiger partial charge on any atom is -0.462 e. The quantitative estimate of drug-likeness (QED) is 0.693. The molecule has 6 heteroatoms. The van der Waals surface area contributed by atoms with E-state index in [0.29, 0.717) is 11.0 Å². The maximum atomic E-state index is 12.6. The van der Waals surface area contributed by atoms with Gasteiger partial charge in [0.1, 0.15) is 22.4 Å². The average molecular weight is 299 g/mol. The van der Waals surface area contributed by atoms with Gasteiger partial charge in [-0.3, -0.25) is 4.79 Å². The van der Waals surface area contributed by atoms with Gasteiger partial charge in [0.05, 0.1) is 5.56 Å². The summed E-state index contributed by atoms with van der Waals surface area (Å²) in [5.41, 5.74) is 0.959. The molecule has 0 bridgehead atoms. The van der Waals surface area contributed by atoms with E-state index in [1.54, 1.807) is 36.4 Å². The number of rotatable bonds is 1. The lowest BCUT2D eigenvalue weighted by Crippen LogP contribution is -2.29. The lowest BCUT2D eigenvalue weighted by atomic mass is 10.2. The lowest BCUT2D eigenvalue weighted by Gasteiger charge is -2.12. The van der Waals surface area contributed by atoms with Crippen molar-refractivity contribution >= 4 is 32.6 Å². The normalized spacial score (nSPS) is 16.4. The first-order valence-corrected chi connectivity index (χ1v) is 7.69. The second kappa shape index (κ2) is 3.95. The highest BCUT2D eigenvalue weighted by Gasteiger charge is 2.43. The molecule has 0 unspecified atom stereocenters. The average Bonchev–Trinajstić information content (AvgIpc) is 2.98. The summed E-state index contributed by atoms with van der Waals surface area (Å²) in [6, 6.07) is 13.2. The van der Waals surface area contributed by atoms with E-state index in [9.17, 15) is 13.2 Å². The molecule has 1 amide bonds. The molecular weight excluding hydrogens is 290 g/mol. The fourth-order valence-electron chi connectivity index (χ4n) is 2.55. The third-order valence-corrected chi connectivity index (χ3v) is 5.25. The van der Waals surface area contributed by atoms with E-state index in [-0.39, 0.29) is 16.1 Å². The van der Waals surface area contributed by atoms with Gasteiger partial charge in [-0.05, 0) is 24.3 Å². The fourth-order valence-corrected chi connectivity index (χ4v) is 4.14. The number of carbonyl (C=O) groups excluding carboxylic acids is 1. The Labute approximate surface area is 120 Å². The number of anilines is 1. The molecule has 0 fully saturated rings. The maximum Gasteiger partial charge on any atom is 0.273 e. The van der Waals surface area contributed by atoms with Crippen LogP contribution in [0.1, 0.15) is 10.4 Å². The molecule has 0 radical (unpaired) electrons. The van der Waals surface area contributed by atoms with Crippen molar-refractivity contribution in [3.8, 4) is 0 Å². The van der Waals surface area contributed by atoms with E-state index in [2.05, 4.69) is 0 Å². The van der Waals surface area contributed by atoms with Gasteiger partial charge in [-0.2, -0.15) is 4.31 Å². The molecule has 0 saturated carbocycles. The summed E-state index contributed by atoms with van der Waals surface area (Å²) in [6.45, 7) is 0. The highest BCUT2D eigenvalue weighted by Crippen LogP contribution is 2.38. The predicted molar refractivity (Wildman–Crippen MR) is 76.7 cm³/mol. The second-order valence-corrected chi connectivity index (χ2v) is 6.44. The van der Waals surface area contributed by atoms with Gasteiger partial charge in [0, 0.05) is 5.39 Å². The number of benzene rings is 2. The predicted octanol–water partition coefficient (Wildman–Crippen LogP) is 2.78. The molecule has 1 aliphatic heterocycles. The van der Waals surface area contributed by atoms with Crippen LogP contribution >= 0.6 is 0 Å². The van der Waals surface area contributed by atoms with Crippen molar-refractivity contribution in [1.29, 1.82) is 0 Å². The smallest absolute Gasteiger partial charge is 0.273 e. The van der Waals surface area contributed by atoms with Crippen LogP contribution in [-0.2, 0) is 10.0 Å². The van der Waals surface area contributed by atoms with Gasteiger partial charge >= 0.3 is 0 Å². The van der Waals surface area contributed by atoms with Crippen LogP contribution in [0.3, 0.4) is 0 Å². The maximum absolute atomic E-state index is 12.6. The molecular formula is C15H9NO4S. The second-order valence-electron chi connectivity index (χ2n) is 4.69. The van der Waals surface area contributed by atoms with Crippen LogP contribution in [0, 0.1) is 0 Å². The molecule has 2 aromatic carbocycles. The molecule has 0 aliphatic carbocycles. The van der Waals surface area contributed by atoms with Crippen LogP contribution in [0.25, 0.3) is 11.0 Å². The molecule has 5 nitrogen and oxygen atoms in total. The number of nitrogens with zero attached hydrogens (tertiary/aromatic N) is 1. The monoisotopic (exact) mass is 299 g/mol. The van der Waals surface area contributed by atoms with Crippen molar-refractivity contribution in [1.82, 2.24) is 0 Å². The first kappa shape index (κ1) is 12.2. The highest BCUT2D eigenvalue weighted by atomic mass is 32.2. The first-order valence-electron chi connectivity index (χ1n) is 6.25. The molecule has 4 rings (SSSR count). The van der Waals surface area contributed by atoms with Crippen molar-refractivity contribution in [3.63, 3.8) is 0 Å². The summed E-state index contributed by atoms with van der Waals surface area (Å²) in [5, 5.41) is 0.585. The Morgan fingerprint density at radius 2 is 1.67 bits per heavy atom. The Hall–Kier alpha value is -2.60. The van der Waals surface area contributed by atoms with Gasteiger partial charge in [0.15, 0.2) is 0 Å². The summed E-state index contributed by atoms with van der Waals surface area (Å²) in [6.07, 6.45) is 1.30. The topological polar surface area (TPSA) is 67.6 Å². The van der Waals surface area contributed by atoms with Gasteiger partial charge in [0.2, 0.25) is 0 Å². The van der Waals surface area contributed by atoms with E-state index in [1.807, 2.05) is 0 Å². The third-order valence-electron chi connectivity index (χ3n) is 3.50. The highest BCUT2D eigenvalue weighted by molar-refractivity contribution is 7.94. The van der Waals surface area contributed by atoms with Crippen LogP contribution in [0.5, 0.6) is 0 Å². The molecule has 0 saturated heterocycles. The molecule has 2 heterocycles. The number of hydrogen-bond donors (Lipinski definition) is 0. The van der Waals surface area contributed by atoms with Gasteiger partial charge in [-0.25, -0.2) is 8.42 Å². The van der Waals surface area contributed by atoms with Gasteiger partial charge < -0.3 is 4.42 Å². The zero-order valence-electron chi connectivity index (χ0n) is 10.7. The Balaban J connectivity index is 2.01. The molecule has 1 aromatic heterocycles. The number of para-hydroxylation sites is 1. The molecule has 0 N–H and O–H groups in total. The largest absolute Gasteiger partial charge is 0.462 e. The van der Waals surface area contributed by atoms with Crippen LogP contribution < -0.4 is 4.31 Å². The van der Waals surface area contributed by atoms with Crippen LogP contribution in [0.2, 0.25) is 0 Å². The van der Waals surface area contributed by atoms with Crippen molar-refractivity contribution < 1.29 is 17.6 Å². The van der Waals surface area contributed by atoms with Crippen LogP contribution in [0.4, 0.5) is 5.69 Å². The van der Waals surface area contributed by atoms with E-state index < -0.39 is 15.9 Å². The Bertz CT molecular complexity index is 988. The van der Waals surface area contributed by atoms with Gasteiger partial charge in [0.25, 0.3) is 15.9 Å². The zero-order chi connectivity index (χ0) is 14.6. The van der Waals surface area contributed by atoms with Crippen molar-refractivity contribution in [2.45, 2.75) is 4.90 Å². The standard InChI is InChI=1S/C15H9NO4S/c17-15-11-6-2-4-8-14(11)21(18,19)16(15)12-9-20-13-7-3-1-5-10(12)13/h1-9H. The SMILES string of the molecule is O=C1c2ccccc2S(=O)(=O)N1c1coc2ccccc12. The lowest BCUT2D eigenvalue weighted by molar-refractivity contribution is 0.101. The minimum absolute atomic E-state index is 0.0280. The van der Waals surface area contributed by atoms with E-state index in [0.717, 1.165) is 4.31 Å². The number of sulfonamides is 1. The number of amides is 1. The van der Waals surface area contributed by atoms with E-state index >= 15 is 0 Å². The number of carbonyl (C=O) groups is 1. The van der Waals surface area contributed by atoms with Gasteiger partial charge in [-0.15, -0.1) is 0 Å². The molecule has 0 spiro atoms. The van der Waals surface area contributed by atoms with Crippen molar-refractivity contribution in [2.24, 2.45) is 0 Å². The van der Waals surface area contributed by atoms with Crippen molar-refractivity contribution in [3.05, 3.63) is 60.4 Å². The summed E-state index contributed by atoms with van der Waals surface area (Å²) in [5.74, 6) is -0.558. The summed E-state index contributed by atoms with van der Waals surface area (Å²) in [4.78, 5) is 12.5. The first-order chi connectivity index (χ1) is 10.1. The van der Waals surface area contributed by atoms with E-state index in [4.69, 9.17) is 4.42 Å². The summed E-state index contributed by atoms with van der Waals surface area (Å²) in [7, 11) is -3.89. The van der Waals surface area contributed by atoms with Crippen molar-refractivity contribution in [2.75, 3.05) is 4.31 Å². The zero-order valence-corrected chi connectivity index (χ0v) is 11.5. The Kier molecular flexibility index (Phi) is 2.29. The molecule has 0 atom stereocenters. The third kappa shape index (κ3) is 1.50. The fraction of sp³-hybridized carbons (Fsp3) is 0. The molecule has 3 aromatic rings. The Morgan fingerprint density at radius 3 is 2.48 bits per heavy atom. The summed E-state index contributed by atoms with van der Waals surface area (Å²) >= 11 is 0. The van der Waals surface area contributed by atoms with E-state index in [1.165, 1.54) is 18.4 Å². The van der Waals surface area contributed by atoms with Gasteiger partial charge in [-0.1, -0.05) is 24.3 Å². The van der Waals surface area contributed by atoms with Crippen LogP contribution in [-0.4, -0.2) is 14.3 Å². The number of hydrogen-bond acceptors (Lipinski definition) is 4.